The van der Waals surface area contributed by atoms with Gasteiger partial charge >= 0.3 is 0 Å². The molecule has 12 heavy (non-hydrogen) atoms. The van der Waals surface area contributed by atoms with Crippen molar-refractivity contribution in [2.45, 2.75) is 6.54 Å². The number of aldehydes is 1. The van der Waals surface area contributed by atoms with Gasteiger partial charge in [-0.1, -0.05) is 24.3 Å². The summed E-state index contributed by atoms with van der Waals surface area (Å²) in [4.78, 5) is 10.3. The third kappa shape index (κ3) is 2.31. The number of benzene rings is 1. The number of carbonyl (C=O) groups is 1. The molecule has 1 aromatic rings. The van der Waals surface area contributed by atoms with Gasteiger partial charge in [-0.25, -0.2) is 4.58 Å². The van der Waals surface area contributed by atoms with Crippen molar-refractivity contribution in [2.24, 2.45) is 0 Å². The average Bonchev–Trinajstić information content (AvgIpc) is 2.05. The van der Waals surface area contributed by atoms with Crippen LogP contribution in [0.4, 0.5) is 0 Å². The zero-order chi connectivity index (χ0) is 8.97. The first-order valence-electron chi connectivity index (χ1n) is 3.78. The summed E-state index contributed by atoms with van der Waals surface area (Å²) in [5, 5.41) is 0. The van der Waals surface area contributed by atoms with E-state index in [0.717, 1.165) is 18.4 Å². The van der Waals surface area contributed by atoms with Crippen LogP contribution in [-0.4, -0.2) is 24.6 Å². The van der Waals surface area contributed by atoms with Crippen LogP contribution in [0.3, 0.4) is 0 Å². The summed E-state index contributed by atoms with van der Waals surface area (Å²) >= 11 is 0. The van der Waals surface area contributed by atoms with Gasteiger partial charge in [-0.15, -0.1) is 0 Å². The minimum absolute atomic E-state index is 0.713. The Morgan fingerprint density at radius 3 is 2.42 bits per heavy atom. The average molecular weight is 162 g/mol. The van der Waals surface area contributed by atoms with Crippen molar-refractivity contribution in [3.63, 3.8) is 0 Å². The Bertz CT molecular complexity index is 287. The first-order chi connectivity index (χ1) is 5.72. The van der Waals surface area contributed by atoms with Gasteiger partial charge in [0.1, 0.15) is 20.1 Å². The van der Waals surface area contributed by atoms with Crippen LogP contribution < -0.4 is 0 Å². The van der Waals surface area contributed by atoms with Crippen LogP contribution in [0, 0.1) is 0 Å². The van der Waals surface area contributed by atoms with Crippen molar-refractivity contribution in [2.75, 3.05) is 7.05 Å². The summed E-state index contributed by atoms with van der Waals surface area (Å²) in [6.45, 7) is 4.54. The number of hydrogen-bond donors (Lipinski definition) is 0. The number of nitrogens with zero attached hydrogens (tertiary/aromatic N) is 1. The monoisotopic (exact) mass is 162 g/mol. The maximum atomic E-state index is 10.3. The third-order valence-corrected chi connectivity index (χ3v) is 1.57. The van der Waals surface area contributed by atoms with Crippen molar-refractivity contribution in [3.8, 4) is 0 Å². The van der Waals surface area contributed by atoms with Gasteiger partial charge in [0.25, 0.3) is 0 Å². The second-order valence-electron chi connectivity index (χ2n) is 2.87. The third-order valence-electron chi connectivity index (χ3n) is 1.57. The summed E-state index contributed by atoms with van der Waals surface area (Å²) in [6, 6.07) is 7.49. The molecular weight excluding hydrogens is 150 g/mol. The molecule has 0 spiro atoms. The predicted molar refractivity (Wildman–Crippen MR) is 48.8 cm³/mol. The summed E-state index contributed by atoms with van der Waals surface area (Å²) < 4.78 is 1.84. The van der Waals surface area contributed by atoms with Gasteiger partial charge in [-0.2, -0.15) is 0 Å². The molecule has 0 saturated carbocycles. The van der Waals surface area contributed by atoms with Gasteiger partial charge in [0, 0.05) is 11.1 Å². The van der Waals surface area contributed by atoms with Crippen LogP contribution in [-0.2, 0) is 6.54 Å². The lowest BCUT2D eigenvalue weighted by molar-refractivity contribution is -0.505. The van der Waals surface area contributed by atoms with Gasteiger partial charge in [0.05, 0.1) is 0 Å². The van der Waals surface area contributed by atoms with E-state index in [1.807, 2.05) is 35.9 Å². The highest BCUT2D eigenvalue weighted by atomic mass is 16.1. The first kappa shape index (κ1) is 8.65. The van der Waals surface area contributed by atoms with E-state index in [1.165, 1.54) is 0 Å². The fraction of sp³-hybridized carbons (Fsp3) is 0.200. The molecule has 0 amide bonds. The summed E-state index contributed by atoms with van der Waals surface area (Å²) in [5.74, 6) is 0. The van der Waals surface area contributed by atoms with Gasteiger partial charge in [-0.3, -0.25) is 4.79 Å². The fourth-order valence-electron chi connectivity index (χ4n) is 1.01. The molecule has 0 radical (unpaired) electrons. The normalized spacial score (nSPS) is 9.42. The Labute approximate surface area is 72.2 Å². The van der Waals surface area contributed by atoms with Crippen LogP contribution in [0.1, 0.15) is 15.9 Å². The minimum atomic E-state index is 0.713. The lowest BCUT2D eigenvalue weighted by Gasteiger charge is -1.96. The minimum Gasteiger partial charge on any atom is -0.298 e. The SMILES string of the molecule is C=[N+](C)Cc1ccc(C=O)cc1. The van der Waals surface area contributed by atoms with Crippen molar-refractivity contribution in [3.05, 3.63) is 35.4 Å². The van der Waals surface area contributed by atoms with Crippen LogP contribution >= 0.6 is 0 Å². The zero-order valence-corrected chi connectivity index (χ0v) is 7.16. The molecule has 1 rings (SSSR count). The predicted octanol–water partition coefficient (Wildman–Crippen LogP) is 1.34. The van der Waals surface area contributed by atoms with Crippen LogP contribution in [0.15, 0.2) is 24.3 Å². The second-order valence-corrected chi connectivity index (χ2v) is 2.87. The molecule has 0 aliphatic rings. The lowest BCUT2D eigenvalue weighted by atomic mass is 10.1. The van der Waals surface area contributed by atoms with Crippen LogP contribution in [0.25, 0.3) is 0 Å². The molecule has 0 saturated heterocycles. The quantitative estimate of drug-likeness (QED) is 0.373. The van der Waals surface area contributed by atoms with E-state index in [0.29, 0.717) is 5.56 Å². The Morgan fingerprint density at radius 1 is 1.42 bits per heavy atom. The summed E-state index contributed by atoms with van der Waals surface area (Å²) in [7, 11) is 1.91. The van der Waals surface area contributed by atoms with E-state index in [-0.39, 0.29) is 0 Å². The molecular formula is C10H12NO+. The highest BCUT2D eigenvalue weighted by Gasteiger charge is 1.96. The van der Waals surface area contributed by atoms with E-state index >= 15 is 0 Å². The van der Waals surface area contributed by atoms with Crippen molar-refractivity contribution < 1.29 is 9.37 Å². The molecule has 0 N–H and O–H groups in total. The molecule has 0 bridgehead atoms. The van der Waals surface area contributed by atoms with E-state index in [9.17, 15) is 4.79 Å². The van der Waals surface area contributed by atoms with Crippen molar-refractivity contribution >= 4 is 13.0 Å². The van der Waals surface area contributed by atoms with E-state index in [1.54, 1.807) is 0 Å². The molecule has 0 heterocycles. The number of carbonyl (C=O) groups excluding carboxylic acids is 1. The molecule has 0 fully saturated rings. The molecule has 0 aliphatic heterocycles. The molecule has 0 aliphatic carbocycles. The molecule has 1 aromatic carbocycles. The van der Waals surface area contributed by atoms with Crippen LogP contribution in [0.5, 0.6) is 0 Å². The number of hydrogen-bond acceptors (Lipinski definition) is 1. The molecule has 62 valence electrons. The Morgan fingerprint density at radius 2 is 2.00 bits per heavy atom. The van der Waals surface area contributed by atoms with Crippen LogP contribution in [0.2, 0.25) is 0 Å². The molecule has 2 heteroatoms. The Hall–Kier alpha value is -1.44. The largest absolute Gasteiger partial charge is 0.298 e. The first-order valence-corrected chi connectivity index (χ1v) is 3.78. The van der Waals surface area contributed by atoms with Crippen molar-refractivity contribution in [1.29, 1.82) is 0 Å². The maximum Gasteiger partial charge on any atom is 0.167 e. The van der Waals surface area contributed by atoms with E-state index in [4.69, 9.17) is 0 Å². The van der Waals surface area contributed by atoms with E-state index < -0.39 is 0 Å². The lowest BCUT2D eigenvalue weighted by Crippen LogP contribution is -2.01. The fourth-order valence-corrected chi connectivity index (χ4v) is 1.01. The van der Waals surface area contributed by atoms with Gasteiger partial charge in [0.15, 0.2) is 6.54 Å². The Kier molecular flexibility index (Phi) is 2.75. The smallest absolute Gasteiger partial charge is 0.167 e. The molecule has 0 aromatic heterocycles. The zero-order valence-electron chi connectivity index (χ0n) is 7.16. The summed E-state index contributed by atoms with van der Waals surface area (Å²) in [6.07, 6.45) is 0.845. The van der Waals surface area contributed by atoms with Gasteiger partial charge in [-0.05, 0) is 0 Å². The van der Waals surface area contributed by atoms with Gasteiger partial charge in [0.2, 0.25) is 0 Å². The molecule has 0 atom stereocenters. The molecule has 0 unspecified atom stereocenters. The number of rotatable bonds is 3. The topological polar surface area (TPSA) is 20.1 Å². The molecule has 2 nitrogen and oxygen atoms in total. The Balaban J connectivity index is 2.77. The standard InChI is InChI=1S/C10H12NO/c1-11(2)7-9-3-5-10(8-12)6-4-9/h3-6,8H,1,7H2,2H3/q+1. The second kappa shape index (κ2) is 3.81. The highest BCUT2D eigenvalue weighted by molar-refractivity contribution is 5.74. The maximum absolute atomic E-state index is 10.3. The highest BCUT2D eigenvalue weighted by Crippen LogP contribution is 2.02. The van der Waals surface area contributed by atoms with Crippen molar-refractivity contribution in [1.82, 2.24) is 0 Å². The summed E-state index contributed by atoms with van der Waals surface area (Å²) in [5.41, 5.74) is 1.88. The van der Waals surface area contributed by atoms with Gasteiger partial charge < -0.3 is 0 Å². The van der Waals surface area contributed by atoms with E-state index in [2.05, 4.69) is 6.72 Å².